The Labute approximate surface area is 100 Å². The second kappa shape index (κ2) is 6.90. The number of ether oxygens (including phenoxy) is 1. The third kappa shape index (κ3) is 3.64. The molecule has 1 aliphatic rings. The van der Waals surface area contributed by atoms with E-state index in [1.807, 2.05) is 0 Å². The third-order valence-electron chi connectivity index (χ3n) is 3.26. The lowest BCUT2D eigenvalue weighted by Gasteiger charge is -2.38. The maximum Gasteiger partial charge on any atom is 0.305 e. The first kappa shape index (κ1) is 14.4. The number of hydrogen-bond acceptors (Lipinski definition) is 6. The van der Waals surface area contributed by atoms with Crippen LogP contribution >= 0.6 is 0 Å². The molecule has 0 bridgehead atoms. The molecule has 0 spiro atoms. The van der Waals surface area contributed by atoms with E-state index in [0.717, 1.165) is 19.3 Å². The number of esters is 1. The van der Waals surface area contributed by atoms with Crippen LogP contribution in [0.1, 0.15) is 45.4 Å². The Balaban J connectivity index is 2.51. The molecule has 0 aromatic carbocycles. The van der Waals surface area contributed by atoms with Crippen LogP contribution in [0.5, 0.6) is 0 Å². The Hall–Kier alpha value is -0.690. The van der Waals surface area contributed by atoms with Gasteiger partial charge in [-0.1, -0.05) is 6.42 Å². The Bertz CT molecular complexity index is 238. The van der Waals surface area contributed by atoms with E-state index in [1.54, 1.807) is 6.92 Å². The lowest BCUT2D eigenvalue weighted by Crippen LogP contribution is -2.44. The van der Waals surface area contributed by atoms with E-state index in [0.29, 0.717) is 19.4 Å². The zero-order valence-corrected chi connectivity index (χ0v) is 10.1. The van der Waals surface area contributed by atoms with Crippen molar-refractivity contribution in [2.45, 2.75) is 51.2 Å². The van der Waals surface area contributed by atoms with Gasteiger partial charge in [-0.2, -0.15) is 0 Å². The van der Waals surface area contributed by atoms with Crippen LogP contribution in [0.2, 0.25) is 0 Å². The summed E-state index contributed by atoms with van der Waals surface area (Å²) in [5.41, 5.74) is 0. The van der Waals surface area contributed by atoms with Gasteiger partial charge in [0, 0.05) is 18.8 Å². The highest BCUT2D eigenvalue weighted by Gasteiger charge is 2.44. The molecule has 1 fully saturated rings. The Morgan fingerprint density at radius 1 is 1.35 bits per heavy atom. The van der Waals surface area contributed by atoms with Gasteiger partial charge in [-0.25, -0.2) is 20.3 Å². The molecule has 0 aromatic heterocycles. The Kier molecular flexibility index (Phi) is 5.84. The van der Waals surface area contributed by atoms with Crippen LogP contribution in [-0.2, 0) is 19.3 Å². The van der Waals surface area contributed by atoms with E-state index in [9.17, 15) is 4.79 Å². The summed E-state index contributed by atoms with van der Waals surface area (Å²) in [6, 6.07) is 0. The third-order valence-corrected chi connectivity index (χ3v) is 3.26. The molecule has 0 amide bonds. The molecule has 0 radical (unpaired) electrons. The van der Waals surface area contributed by atoms with Crippen molar-refractivity contribution in [2.24, 2.45) is 5.92 Å². The number of carbonyl (C=O) groups excluding carboxylic acids is 1. The fourth-order valence-corrected chi connectivity index (χ4v) is 2.33. The summed E-state index contributed by atoms with van der Waals surface area (Å²) in [4.78, 5) is 19.9. The first-order chi connectivity index (χ1) is 8.18. The Morgan fingerprint density at radius 2 is 2.06 bits per heavy atom. The SMILES string of the molecule is CCOC(=O)CCC1CCCCC1(OO)OO. The van der Waals surface area contributed by atoms with Crippen molar-refractivity contribution >= 4 is 5.97 Å². The van der Waals surface area contributed by atoms with Gasteiger partial charge in [0.25, 0.3) is 0 Å². The zero-order chi connectivity index (χ0) is 12.7. The molecule has 2 N–H and O–H groups in total. The van der Waals surface area contributed by atoms with E-state index in [2.05, 4.69) is 9.78 Å². The summed E-state index contributed by atoms with van der Waals surface area (Å²) >= 11 is 0. The molecule has 1 aliphatic carbocycles. The summed E-state index contributed by atoms with van der Waals surface area (Å²) in [6.45, 7) is 2.10. The fraction of sp³-hybridized carbons (Fsp3) is 0.909. The van der Waals surface area contributed by atoms with Crippen molar-refractivity contribution in [3.05, 3.63) is 0 Å². The van der Waals surface area contributed by atoms with E-state index in [4.69, 9.17) is 15.3 Å². The lowest BCUT2D eigenvalue weighted by molar-refractivity contribution is -0.505. The van der Waals surface area contributed by atoms with Gasteiger partial charge in [-0.15, -0.1) is 0 Å². The topological polar surface area (TPSA) is 85.2 Å². The van der Waals surface area contributed by atoms with Crippen molar-refractivity contribution in [3.8, 4) is 0 Å². The van der Waals surface area contributed by atoms with Gasteiger partial charge in [0.05, 0.1) is 6.61 Å². The number of rotatable bonds is 6. The van der Waals surface area contributed by atoms with Gasteiger partial charge < -0.3 is 4.74 Å². The summed E-state index contributed by atoms with van der Waals surface area (Å²) < 4.78 is 4.82. The van der Waals surface area contributed by atoms with Crippen LogP contribution in [0, 0.1) is 5.92 Å². The monoisotopic (exact) mass is 248 g/mol. The molecule has 100 valence electrons. The van der Waals surface area contributed by atoms with Gasteiger partial charge in [0.1, 0.15) is 0 Å². The summed E-state index contributed by atoms with van der Waals surface area (Å²) in [7, 11) is 0. The molecule has 1 saturated carbocycles. The first-order valence-electron chi connectivity index (χ1n) is 5.99. The molecular formula is C11H20O6. The molecule has 17 heavy (non-hydrogen) atoms. The van der Waals surface area contributed by atoms with E-state index < -0.39 is 5.79 Å². The smallest absolute Gasteiger partial charge is 0.305 e. The fourth-order valence-electron chi connectivity index (χ4n) is 2.33. The van der Waals surface area contributed by atoms with Crippen LogP contribution < -0.4 is 0 Å². The second-order valence-electron chi connectivity index (χ2n) is 4.28. The van der Waals surface area contributed by atoms with Crippen LogP contribution in [0.15, 0.2) is 0 Å². The van der Waals surface area contributed by atoms with Gasteiger partial charge >= 0.3 is 5.97 Å². The van der Waals surface area contributed by atoms with Crippen molar-refractivity contribution in [1.29, 1.82) is 0 Å². The predicted octanol–water partition coefficient (Wildman–Crippen LogP) is 2.20. The molecule has 6 heteroatoms. The minimum absolute atomic E-state index is 0.212. The largest absolute Gasteiger partial charge is 0.466 e. The number of carbonyl (C=O) groups is 1. The molecule has 0 aliphatic heterocycles. The molecule has 0 heterocycles. The van der Waals surface area contributed by atoms with Crippen molar-refractivity contribution < 1.29 is 29.8 Å². The summed E-state index contributed by atoms with van der Waals surface area (Å²) in [6.07, 6.45) is 3.60. The highest BCUT2D eigenvalue weighted by molar-refractivity contribution is 5.69. The molecule has 1 unspecified atom stereocenters. The standard InChI is InChI=1S/C11H20O6/c1-2-15-10(12)7-6-9-5-3-4-8-11(9,16-13)17-14/h9,13-14H,2-8H2,1H3. The highest BCUT2D eigenvalue weighted by atomic mass is 17.2. The summed E-state index contributed by atoms with van der Waals surface area (Å²) in [5, 5.41) is 17.8. The molecule has 0 aromatic rings. The van der Waals surface area contributed by atoms with Crippen molar-refractivity contribution in [2.75, 3.05) is 6.61 Å². The van der Waals surface area contributed by atoms with Gasteiger partial charge in [0.15, 0.2) is 0 Å². The minimum Gasteiger partial charge on any atom is -0.466 e. The maximum atomic E-state index is 11.2. The normalized spacial score (nSPS) is 23.4. The number of hydrogen-bond donors (Lipinski definition) is 2. The zero-order valence-electron chi connectivity index (χ0n) is 10.1. The molecule has 0 saturated heterocycles. The Morgan fingerprint density at radius 3 is 2.65 bits per heavy atom. The van der Waals surface area contributed by atoms with Gasteiger partial charge in [-0.3, -0.25) is 4.79 Å². The van der Waals surface area contributed by atoms with Crippen LogP contribution in [0.25, 0.3) is 0 Å². The van der Waals surface area contributed by atoms with Crippen molar-refractivity contribution in [1.82, 2.24) is 0 Å². The van der Waals surface area contributed by atoms with Gasteiger partial charge in [0.2, 0.25) is 5.79 Å². The maximum absolute atomic E-state index is 11.2. The van der Waals surface area contributed by atoms with E-state index in [1.165, 1.54) is 0 Å². The van der Waals surface area contributed by atoms with Crippen molar-refractivity contribution in [3.63, 3.8) is 0 Å². The quantitative estimate of drug-likeness (QED) is 0.324. The molecular weight excluding hydrogens is 228 g/mol. The predicted molar refractivity (Wildman–Crippen MR) is 58.0 cm³/mol. The average molecular weight is 248 g/mol. The van der Waals surface area contributed by atoms with E-state index in [-0.39, 0.29) is 18.3 Å². The van der Waals surface area contributed by atoms with Crippen LogP contribution in [0.4, 0.5) is 0 Å². The second-order valence-corrected chi connectivity index (χ2v) is 4.28. The lowest BCUT2D eigenvalue weighted by atomic mass is 9.80. The minimum atomic E-state index is -1.38. The molecule has 6 nitrogen and oxygen atoms in total. The molecule has 1 atom stereocenters. The molecule has 1 rings (SSSR count). The van der Waals surface area contributed by atoms with Crippen LogP contribution in [-0.4, -0.2) is 28.9 Å². The van der Waals surface area contributed by atoms with E-state index >= 15 is 0 Å². The summed E-state index contributed by atoms with van der Waals surface area (Å²) in [5.74, 6) is -1.89. The first-order valence-corrected chi connectivity index (χ1v) is 5.99. The average Bonchev–Trinajstić information content (AvgIpc) is 2.37. The van der Waals surface area contributed by atoms with Crippen LogP contribution in [0.3, 0.4) is 0 Å². The van der Waals surface area contributed by atoms with Gasteiger partial charge in [-0.05, 0) is 26.2 Å². The highest BCUT2D eigenvalue weighted by Crippen LogP contribution is 2.39.